The van der Waals surface area contributed by atoms with Gasteiger partial charge in [-0.2, -0.15) is 5.26 Å². The Balaban J connectivity index is 1.09. The number of aromatic nitrogens is 4. The highest BCUT2D eigenvalue weighted by Crippen LogP contribution is 2.35. The third kappa shape index (κ3) is 5.06. The van der Waals surface area contributed by atoms with E-state index >= 15 is 0 Å². The standard InChI is InChI=1S/C35H32N6O3/c1-39-22-32(27-13-6-7-14-30(27)39)41-34(29(19-36)38-35(41)42)28-21-40(31-15-8-5-12-26(28)31)17-9-16-37-20-25-23-43-33(44-25)18-24-10-3-2-4-11-24/h2-8,10-15,21-23,33,37H,9,16-18,20H2,1H3,(H,38,42). The maximum Gasteiger partial charge on any atom is 0.331 e. The van der Waals surface area contributed by atoms with Gasteiger partial charge in [-0.05, 0) is 30.7 Å². The zero-order valence-corrected chi connectivity index (χ0v) is 24.4. The quantitative estimate of drug-likeness (QED) is 0.205. The smallest absolute Gasteiger partial charge is 0.331 e. The number of ether oxygens (including phenoxy) is 2. The zero-order chi connectivity index (χ0) is 30.0. The Bertz CT molecular complexity index is 2090. The summed E-state index contributed by atoms with van der Waals surface area (Å²) in [4.78, 5) is 16.2. The number of para-hydroxylation sites is 2. The molecule has 3 aromatic carbocycles. The predicted octanol–water partition coefficient (Wildman–Crippen LogP) is 5.59. The van der Waals surface area contributed by atoms with Crippen LogP contribution < -0.4 is 11.0 Å². The molecule has 0 fully saturated rings. The van der Waals surface area contributed by atoms with Crippen molar-refractivity contribution in [1.29, 1.82) is 5.26 Å². The lowest BCUT2D eigenvalue weighted by Crippen LogP contribution is -2.21. The summed E-state index contributed by atoms with van der Waals surface area (Å²) in [6.45, 7) is 2.13. The molecule has 0 aliphatic carbocycles. The van der Waals surface area contributed by atoms with E-state index in [0.717, 1.165) is 58.3 Å². The van der Waals surface area contributed by atoms with Crippen molar-refractivity contribution in [2.45, 2.75) is 25.7 Å². The number of hydrogen-bond donors (Lipinski definition) is 2. The van der Waals surface area contributed by atoms with E-state index in [9.17, 15) is 10.1 Å². The fourth-order valence-electron chi connectivity index (χ4n) is 6.06. The SMILES string of the molecule is Cn1cc(-n2c(-c3cn(CCCNCC4=COC(Cc5ccccc5)O4)c4ccccc34)c(C#N)[nH]c2=O)c2ccccc21. The van der Waals surface area contributed by atoms with E-state index in [1.165, 1.54) is 5.56 Å². The summed E-state index contributed by atoms with van der Waals surface area (Å²) in [5.41, 5.74) is 5.27. The fraction of sp³-hybridized carbons (Fsp3) is 0.200. The Morgan fingerprint density at radius 2 is 1.70 bits per heavy atom. The maximum absolute atomic E-state index is 13.4. The highest BCUT2D eigenvalue weighted by Gasteiger charge is 2.24. The molecule has 0 saturated heterocycles. The number of aryl methyl sites for hydroxylation is 2. The molecule has 0 radical (unpaired) electrons. The monoisotopic (exact) mass is 584 g/mol. The molecular weight excluding hydrogens is 552 g/mol. The van der Waals surface area contributed by atoms with Crippen molar-refractivity contribution in [3.05, 3.63) is 125 Å². The Morgan fingerprint density at radius 1 is 0.955 bits per heavy atom. The largest absolute Gasteiger partial charge is 0.459 e. The Hall–Kier alpha value is -5.46. The van der Waals surface area contributed by atoms with Crippen LogP contribution in [-0.4, -0.2) is 38.1 Å². The number of nitrogens with one attached hydrogen (secondary N) is 2. The molecule has 0 amide bonds. The molecule has 2 N–H and O–H groups in total. The van der Waals surface area contributed by atoms with Crippen LogP contribution in [0.25, 0.3) is 38.8 Å². The molecule has 1 atom stereocenters. The highest BCUT2D eigenvalue weighted by molar-refractivity contribution is 5.98. The molecule has 9 nitrogen and oxygen atoms in total. The molecule has 4 heterocycles. The average Bonchev–Trinajstić information content (AvgIpc) is 3.81. The fourth-order valence-corrected chi connectivity index (χ4v) is 6.06. The first kappa shape index (κ1) is 27.4. The first-order valence-electron chi connectivity index (χ1n) is 14.7. The maximum atomic E-state index is 13.4. The molecule has 1 aliphatic rings. The molecular formula is C35H32N6O3. The summed E-state index contributed by atoms with van der Waals surface area (Å²) >= 11 is 0. The summed E-state index contributed by atoms with van der Waals surface area (Å²) in [7, 11) is 1.96. The zero-order valence-electron chi connectivity index (χ0n) is 24.4. The van der Waals surface area contributed by atoms with Crippen LogP contribution in [0.1, 0.15) is 17.7 Å². The third-order valence-corrected chi connectivity index (χ3v) is 8.10. The van der Waals surface area contributed by atoms with Gasteiger partial charge in [-0.3, -0.25) is 9.55 Å². The molecule has 1 unspecified atom stereocenters. The van der Waals surface area contributed by atoms with E-state index in [1.54, 1.807) is 10.8 Å². The van der Waals surface area contributed by atoms with Crippen molar-refractivity contribution >= 4 is 21.8 Å². The molecule has 9 heteroatoms. The Labute approximate surface area is 254 Å². The lowest BCUT2D eigenvalue weighted by atomic mass is 10.1. The minimum absolute atomic E-state index is 0.241. The van der Waals surface area contributed by atoms with Crippen molar-refractivity contribution < 1.29 is 9.47 Å². The van der Waals surface area contributed by atoms with E-state index in [-0.39, 0.29) is 17.7 Å². The summed E-state index contributed by atoms with van der Waals surface area (Å²) in [5.74, 6) is 0.794. The van der Waals surface area contributed by atoms with Crippen LogP contribution in [0.15, 0.2) is 108 Å². The van der Waals surface area contributed by atoms with Gasteiger partial charge in [0, 0.05) is 59.8 Å². The summed E-state index contributed by atoms with van der Waals surface area (Å²) < 4.78 is 17.5. The number of imidazole rings is 1. The van der Waals surface area contributed by atoms with Gasteiger partial charge >= 0.3 is 5.69 Å². The molecule has 0 bridgehead atoms. The van der Waals surface area contributed by atoms with Crippen molar-refractivity contribution in [2.24, 2.45) is 7.05 Å². The number of aromatic amines is 1. The first-order valence-corrected chi connectivity index (χ1v) is 14.7. The van der Waals surface area contributed by atoms with Crippen LogP contribution in [-0.2, 0) is 29.5 Å². The highest BCUT2D eigenvalue weighted by atomic mass is 16.7. The number of nitrogens with zero attached hydrogens (tertiary/aromatic N) is 4. The molecule has 0 saturated carbocycles. The third-order valence-electron chi connectivity index (χ3n) is 8.10. The van der Waals surface area contributed by atoms with Crippen molar-refractivity contribution in [2.75, 3.05) is 13.1 Å². The van der Waals surface area contributed by atoms with Crippen LogP contribution in [0.4, 0.5) is 0 Å². The van der Waals surface area contributed by atoms with E-state index in [1.807, 2.05) is 78.5 Å². The second-order valence-electron chi connectivity index (χ2n) is 11.0. The summed E-state index contributed by atoms with van der Waals surface area (Å²) in [6.07, 6.45) is 6.97. The predicted molar refractivity (Wildman–Crippen MR) is 170 cm³/mol. The van der Waals surface area contributed by atoms with Gasteiger partial charge in [0.05, 0.1) is 17.9 Å². The molecule has 0 spiro atoms. The van der Waals surface area contributed by atoms with Crippen molar-refractivity contribution in [3.8, 4) is 23.0 Å². The topological polar surface area (TPSA) is 102 Å². The lowest BCUT2D eigenvalue weighted by molar-refractivity contribution is -0.0307. The van der Waals surface area contributed by atoms with E-state index < -0.39 is 0 Å². The molecule has 7 rings (SSSR count). The van der Waals surface area contributed by atoms with E-state index in [0.29, 0.717) is 18.7 Å². The van der Waals surface area contributed by atoms with Crippen molar-refractivity contribution in [1.82, 2.24) is 24.0 Å². The number of H-pyrrole nitrogens is 1. The molecule has 220 valence electrons. The second kappa shape index (κ2) is 11.7. The van der Waals surface area contributed by atoms with Gasteiger partial charge in [0.2, 0.25) is 6.29 Å². The molecule has 44 heavy (non-hydrogen) atoms. The first-order chi connectivity index (χ1) is 21.6. The van der Waals surface area contributed by atoms with Crippen LogP contribution >= 0.6 is 0 Å². The number of rotatable bonds is 10. The normalized spacial score (nSPS) is 14.5. The molecule has 6 aromatic rings. The van der Waals surface area contributed by atoms with Gasteiger partial charge < -0.3 is 23.9 Å². The van der Waals surface area contributed by atoms with Gasteiger partial charge in [0.15, 0.2) is 0 Å². The Morgan fingerprint density at radius 3 is 2.52 bits per heavy atom. The summed E-state index contributed by atoms with van der Waals surface area (Å²) in [6, 6.07) is 28.5. The van der Waals surface area contributed by atoms with Crippen LogP contribution in [0, 0.1) is 11.3 Å². The van der Waals surface area contributed by atoms with E-state index in [2.05, 4.69) is 45.3 Å². The number of benzene rings is 3. The van der Waals surface area contributed by atoms with E-state index in [4.69, 9.17) is 9.47 Å². The van der Waals surface area contributed by atoms with Crippen LogP contribution in [0.3, 0.4) is 0 Å². The molecule has 3 aromatic heterocycles. The van der Waals surface area contributed by atoms with Crippen molar-refractivity contribution in [3.63, 3.8) is 0 Å². The van der Waals surface area contributed by atoms with Gasteiger partial charge in [0.1, 0.15) is 23.8 Å². The average molecular weight is 585 g/mol. The lowest BCUT2D eigenvalue weighted by Gasteiger charge is -2.12. The number of fused-ring (bicyclic) bond motifs is 2. The van der Waals surface area contributed by atoms with Gasteiger partial charge in [-0.1, -0.05) is 66.7 Å². The minimum atomic E-state index is -0.340. The Kier molecular flexibility index (Phi) is 7.26. The number of nitriles is 1. The summed E-state index contributed by atoms with van der Waals surface area (Å²) in [5, 5.41) is 15.4. The minimum Gasteiger partial charge on any atom is -0.459 e. The molecule has 1 aliphatic heterocycles. The number of hydrogen-bond acceptors (Lipinski definition) is 5. The van der Waals surface area contributed by atoms with Gasteiger partial charge in [-0.15, -0.1) is 0 Å². The van der Waals surface area contributed by atoms with Gasteiger partial charge in [0.25, 0.3) is 0 Å². The van der Waals surface area contributed by atoms with Crippen LogP contribution in [0.2, 0.25) is 0 Å². The second-order valence-corrected chi connectivity index (χ2v) is 11.0. The van der Waals surface area contributed by atoms with Crippen LogP contribution in [0.5, 0.6) is 0 Å². The van der Waals surface area contributed by atoms with Gasteiger partial charge in [-0.25, -0.2) is 4.79 Å².